The highest BCUT2D eigenvalue weighted by molar-refractivity contribution is 5.28. The van der Waals surface area contributed by atoms with E-state index >= 15 is 0 Å². The van der Waals surface area contributed by atoms with E-state index in [0.29, 0.717) is 0 Å². The van der Waals surface area contributed by atoms with Crippen molar-refractivity contribution in [3.05, 3.63) is 29.6 Å². The summed E-state index contributed by atoms with van der Waals surface area (Å²) in [6, 6.07) is 2.35. The standard InChI is InChI=1S/C16H26N2O/c1-4-10-18-15(14-12-17-11-7-13(14)2)16(19-3)8-5-6-9-16/h7,11-12,15,18H,4-6,8-10H2,1-3H3. The highest BCUT2D eigenvalue weighted by Gasteiger charge is 2.42. The lowest BCUT2D eigenvalue weighted by molar-refractivity contribution is -0.0370. The molecular weight excluding hydrogens is 236 g/mol. The van der Waals surface area contributed by atoms with Crippen molar-refractivity contribution in [2.24, 2.45) is 0 Å². The van der Waals surface area contributed by atoms with E-state index in [1.54, 1.807) is 0 Å². The first-order chi connectivity index (χ1) is 9.23. The van der Waals surface area contributed by atoms with Gasteiger partial charge in [-0.1, -0.05) is 19.8 Å². The van der Waals surface area contributed by atoms with E-state index in [-0.39, 0.29) is 11.6 Å². The molecule has 1 fully saturated rings. The molecule has 2 rings (SSSR count). The Kier molecular flexibility index (Phi) is 4.94. The van der Waals surface area contributed by atoms with Crippen LogP contribution in [-0.4, -0.2) is 24.2 Å². The maximum absolute atomic E-state index is 5.98. The number of nitrogens with one attached hydrogen (secondary N) is 1. The molecule has 0 spiro atoms. The molecule has 3 nitrogen and oxygen atoms in total. The lowest BCUT2D eigenvalue weighted by Gasteiger charge is -2.38. The Labute approximate surface area is 116 Å². The predicted octanol–water partition coefficient (Wildman–Crippen LogP) is 3.39. The van der Waals surface area contributed by atoms with Crippen LogP contribution in [0.4, 0.5) is 0 Å². The zero-order valence-electron chi connectivity index (χ0n) is 12.4. The third-order valence-electron chi connectivity index (χ3n) is 4.37. The summed E-state index contributed by atoms with van der Waals surface area (Å²) in [6.07, 6.45) is 9.80. The van der Waals surface area contributed by atoms with Gasteiger partial charge in [-0.05, 0) is 49.9 Å². The fourth-order valence-electron chi connectivity index (χ4n) is 3.23. The first-order valence-corrected chi connectivity index (χ1v) is 7.42. The lowest BCUT2D eigenvalue weighted by Crippen LogP contribution is -2.44. The van der Waals surface area contributed by atoms with Crippen LogP contribution in [0.3, 0.4) is 0 Å². The minimum absolute atomic E-state index is 0.0526. The van der Waals surface area contributed by atoms with Gasteiger partial charge in [-0.3, -0.25) is 4.98 Å². The summed E-state index contributed by atoms with van der Waals surface area (Å²) in [7, 11) is 1.86. The highest BCUT2D eigenvalue weighted by Crippen LogP contribution is 2.43. The summed E-state index contributed by atoms with van der Waals surface area (Å²) in [5.74, 6) is 0. The molecule has 3 heteroatoms. The fourth-order valence-corrected chi connectivity index (χ4v) is 3.23. The Morgan fingerprint density at radius 2 is 2.16 bits per heavy atom. The van der Waals surface area contributed by atoms with E-state index in [2.05, 4.69) is 30.2 Å². The van der Waals surface area contributed by atoms with Crippen molar-refractivity contribution < 1.29 is 4.74 Å². The normalized spacial score (nSPS) is 19.5. The van der Waals surface area contributed by atoms with Gasteiger partial charge in [0.15, 0.2) is 0 Å². The lowest BCUT2D eigenvalue weighted by atomic mass is 9.85. The van der Waals surface area contributed by atoms with Crippen LogP contribution >= 0.6 is 0 Å². The van der Waals surface area contributed by atoms with Crippen molar-refractivity contribution in [2.75, 3.05) is 13.7 Å². The largest absolute Gasteiger partial charge is 0.376 e. The van der Waals surface area contributed by atoms with Crippen LogP contribution in [0.5, 0.6) is 0 Å². The van der Waals surface area contributed by atoms with Crippen molar-refractivity contribution in [3.63, 3.8) is 0 Å². The average molecular weight is 262 g/mol. The Bertz CT molecular complexity index is 399. The third-order valence-corrected chi connectivity index (χ3v) is 4.37. The van der Waals surface area contributed by atoms with Crippen molar-refractivity contribution in [2.45, 2.75) is 57.6 Å². The van der Waals surface area contributed by atoms with E-state index < -0.39 is 0 Å². The first kappa shape index (κ1) is 14.5. The maximum Gasteiger partial charge on any atom is 0.0873 e. The van der Waals surface area contributed by atoms with E-state index in [4.69, 9.17) is 4.74 Å². The third kappa shape index (κ3) is 2.98. The Balaban J connectivity index is 2.32. The minimum atomic E-state index is -0.0526. The molecule has 1 aliphatic rings. The van der Waals surface area contributed by atoms with Gasteiger partial charge in [0.2, 0.25) is 0 Å². The molecule has 1 aliphatic carbocycles. The van der Waals surface area contributed by atoms with E-state index in [1.807, 2.05) is 19.5 Å². The quantitative estimate of drug-likeness (QED) is 0.853. The van der Waals surface area contributed by atoms with Crippen LogP contribution in [0.2, 0.25) is 0 Å². The molecule has 19 heavy (non-hydrogen) atoms. The highest BCUT2D eigenvalue weighted by atomic mass is 16.5. The molecule has 0 bridgehead atoms. The summed E-state index contributed by atoms with van der Waals surface area (Å²) in [5, 5.41) is 3.70. The second-order valence-electron chi connectivity index (χ2n) is 5.60. The number of pyridine rings is 1. The minimum Gasteiger partial charge on any atom is -0.376 e. The molecule has 1 aromatic rings. The summed E-state index contributed by atoms with van der Waals surface area (Å²) >= 11 is 0. The molecule has 0 saturated heterocycles. The van der Waals surface area contributed by atoms with Crippen molar-refractivity contribution in [3.8, 4) is 0 Å². The van der Waals surface area contributed by atoms with Crippen LogP contribution in [0.25, 0.3) is 0 Å². The molecule has 1 unspecified atom stereocenters. The van der Waals surface area contributed by atoms with E-state index in [9.17, 15) is 0 Å². The van der Waals surface area contributed by atoms with Gasteiger partial charge >= 0.3 is 0 Å². The fraction of sp³-hybridized carbons (Fsp3) is 0.688. The Morgan fingerprint density at radius 3 is 2.74 bits per heavy atom. The summed E-state index contributed by atoms with van der Waals surface area (Å²) in [5.41, 5.74) is 2.54. The number of nitrogens with zero attached hydrogens (tertiary/aromatic N) is 1. The van der Waals surface area contributed by atoms with E-state index in [0.717, 1.165) is 25.8 Å². The number of methoxy groups -OCH3 is 1. The zero-order chi connectivity index (χ0) is 13.7. The van der Waals surface area contributed by atoms with Crippen molar-refractivity contribution >= 4 is 0 Å². The van der Waals surface area contributed by atoms with Gasteiger partial charge in [0.1, 0.15) is 0 Å². The Hall–Kier alpha value is -0.930. The summed E-state index contributed by atoms with van der Waals surface area (Å²) in [4.78, 5) is 4.32. The number of hydrogen-bond donors (Lipinski definition) is 1. The monoisotopic (exact) mass is 262 g/mol. The predicted molar refractivity (Wildman–Crippen MR) is 78.2 cm³/mol. The topological polar surface area (TPSA) is 34.2 Å². The van der Waals surface area contributed by atoms with Crippen LogP contribution < -0.4 is 5.32 Å². The van der Waals surface area contributed by atoms with Gasteiger partial charge in [0.25, 0.3) is 0 Å². The van der Waals surface area contributed by atoms with Crippen LogP contribution in [0.15, 0.2) is 18.5 Å². The number of ether oxygens (including phenoxy) is 1. The van der Waals surface area contributed by atoms with E-state index in [1.165, 1.54) is 24.0 Å². The molecule has 0 aliphatic heterocycles. The van der Waals surface area contributed by atoms with Gasteiger partial charge in [0, 0.05) is 19.5 Å². The molecule has 1 N–H and O–H groups in total. The number of aromatic nitrogens is 1. The maximum atomic E-state index is 5.98. The molecule has 1 atom stereocenters. The Morgan fingerprint density at radius 1 is 1.42 bits per heavy atom. The van der Waals surface area contributed by atoms with Crippen molar-refractivity contribution in [1.29, 1.82) is 0 Å². The molecule has 1 aromatic heterocycles. The second-order valence-corrected chi connectivity index (χ2v) is 5.60. The second kappa shape index (κ2) is 6.49. The summed E-state index contributed by atoms with van der Waals surface area (Å²) < 4.78 is 5.98. The molecule has 1 saturated carbocycles. The smallest absolute Gasteiger partial charge is 0.0873 e. The van der Waals surface area contributed by atoms with Gasteiger partial charge in [-0.15, -0.1) is 0 Å². The number of hydrogen-bond acceptors (Lipinski definition) is 3. The first-order valence-electron chi connectivity index (χ1n) is 7.42. The molecule has 0 radical (unpaired) electrons. The number of rotatable bonds is 6. The molecule has 106 valence electrons. The number of aryl methyl sites for hydroxylation is 1. The van der Waals surface area contributed by atoms with Crippen molar-refractivity contribution in [1.82, 2.24) is 10.3 Å². The molecule has 1 heterocycles. The molecule has 0 aromatic carbocycles. The van der Waals surface area contributed by atoms with Crippen LogP contribution in [0, 0.1) is 6.92 Å². The van der Waals surface area contributed by atoms with Crippen LogP contribution in [-0.2, 0) is 4.74 Å². The molecule has 0 amide bonds. The molecular formula is C16H26N2O. The SMILES string of the molecule is CCCNC(c1cnccc1C)C1(OC)CCCC1. The van der Waals surface area contributed by atoms with Crippen LogP contribution in [0.1, 0.15) is 56.2 Å². The van der Waals surface area contributed by atoms with Gasteiger partial charge < -0.3 is 10.1 Å². The van der Waals surface area contributed by atoms with Gasteiger partial charge in [-0.2, -0.15) is 0 Å². The van der Waals surface area contributed by atoms with Gasteiger partial charge in [0.05, 0.1) is 11.6 Å². The van der Waals surface area contributed by atoms with Gasteiger partial charge in [-0.25, -0.2) is 0 Å². The average Bonchev–Trinajstić information content (AvgIpc) is 2.91. The zero-order valence-corrected chi connectivity index (χ0v) is 12.4. The summed E-state index contributed by atoms with van der Waals surface area (Å²) in [6.45, 7) is 5.38.